The molecule has 0 bridgehead atoms. The largest absolute Gasteiger partial charge is 0.489 e. The SMILES string of the molecule is O=C1CCc2cc(OCc3ccncc3Cl)ccc21. The first kappa shape index (κ1) is 12.2. The minimum atomic E-state index is 0.221. The van der Waals surface area contributed by atoms with Gasteiger partial charge in [0.1, 0.15) is 12.4 Å². The molecular weight excluding hydrogens is 262 g/mol. The van der Waals surface area contributed by atoms with E-state index >= 15 is 0 Å². The van der Waals surface area contributed by atoms with Crippen molar-refractivity contribution in [3.8, 4) is 5.75 Å². The van der Waals surface area contributed by atoms with E-state index in [4.69, 9.17) is 16.3 Å². The van der Waals surface area contributed by atoms with Crippen molar-refractivity contribution in [1.29, 1.82) is 0 Å². The molecule has 3 rings (SSSR count). The molecule has 0 amide bonds. The number of pyridine rings is 1. The number of nitrogens with zero attached hydrogens (tertiary/aromatic N) is 1. The molecule has 1 aromatic carbocycles. The number of hydrogen-bond donors (Lipinski definition) is 0. The second kappa shape index (κ2) is 5.02. The Morgan fingerprint density at radius 3 is 3.00 bits per heavy atom. The number of benzene rings is 1. The Kier molecular flexibility index (Phi) is 3.22. The first-order chi connectivity index (χ1) is 9.24. The summed E-state index contributed by atoms with van der Waals surface area (Å²) < 4.78 is 5.71. The molecular formula is C15H12ClNO2. The zero-order valence-electron chi connectivity index (χ0n) is 10.2. The fourth-order valence-electron chi connectivity index (χ4n) is 2.20. The van der Waals surface area contributed by atoms with E-state index in [-0.39, 0.29) is 5.78 Å². The van der Waals surface area contributed by atoms with E-state index in [2.05, 4.69) is 4.98 Å². The predicted octanol–water partition coefficient (Wildman–Crippen LogP) is 3.44. The molecule has 4 heteroatoms. The van der Waals surface area contributed by atoms with Crippen LogP contribution in [0.4, 0.5) is 0 Å². The van der Waals surface area contributed by atoms with Gasteiger partial charge in [0.15, 0.2) is 5.78 Å². The van der Waals surface area contributed by atoms with Gasteiger partial charge in [-0.15, -0.1) is 0 Å². The van der Waals surface area contributed by atoms with E-state index in [1.165, 1.54) is 0 Å². The Balaban J connectivity index is 1.75. The highest BCUT2D eigenvalue weighted by molar-refractivity contribution is 6.31. The fourth-order valence-corrected chi connectivity index (χ4v) is 2.38. The van der Waals surface area contributed by atoms with E-state index in [0.29, 0.717) is 18.1 Å². The average Bonchev–Trinajstić information content (AvgIpc) is 2.79. The molecule has 96 valence electrons. The van der Waals surface area contributed by atoms with E-state index in [0.717, 1.165) is 28.9 Å². The molecule has 0 radical (unpaired) electrons. The van der Waals surface area contributed by atoms with Gasteiger partial charge >= 0.3 is 0 Å². The third kappa shape index (κ3) is 2.47. The van der Waals surface area contributed by atoms with Gasteiger partial charge in [0, 0.05) is 29.9 Å². The Hall–Kier alpha value is -1.87. The number of halogens is 1. The van der Waals surface area contributed by atoms with Gasteiger partial charge in [-0.25, -0.2) is 0 Å². The molecule has 0 spiro atoms. The van der Waals surface area contributed by atoms with Crippen LogP contribution < -0.4 is 4.74 Å². The maximum Gasteiger partial charge on any atom is 0.163 e. The number of Topliss-reactive ketones (excluding diaryl/α,β-unsaturated/α-hetero) is 1. The summed E-state index contributed by atoms with van der Waals surface area (Å²) >= 11 is 6.02. The Morgan fingerprint density at radius 2 is 2.16 bits per heavy atom. The lowest BCUT2D eigenvalue weighted by molar-refractivity contribution is 0.0994. The second-order valence-electron chi connectivity index (χ2n) is 4.50. The number of aromatic nitrogens is 1. The Labute approximate surface area is 116 Å². The van der Waals surface area contributed by atoms with Crippen molar-refractivity contribution in [3.05, 3.63) is 58.4 Å². The number of fused-ring (bicyclic) bond motifs is 1. The first-order valence-corrected chi connectivity index (χ1v) is 6.49. The van der Waals surface area contributed by atoms with Crippen LogP contribution in [0, 0.1) is 0 Å². The number of ether oxygens (including phenoxy) is 1. The molecule has 2 aromatic rings. The molecule has 3 nitrogen and oxygen atoms in total. The summed E-state index contributed by atoms with van der Waals surface area (Å²) in [6, 6.07) is 7.44. The van der Waals surface area contributed by atoms with Gasteiger partial charge < -0.3 is 4.74 Å². The summed E-state index contributed by atoms with van der Waals surface area (Å²) in [5.41, 5.74) is 2.80. The van der Waals surface area contributed by atoms with E-state index in [9.17, 15) is 4.79 Å². The fraction of sp³-hybridized carbons (Fsp3) is 0.200. The molecule has 1 heterocycles. The van der Waals surface area contributed by atoms with Crippen LogP contribution >= 0.6 is 11.6 Å². The second-order valence-corrected chi connectivity index (χ2v) is 4.91. The number of hydrogen-bond acceptors (Lipinski definition) is 3. The van der Waals surface area contributed by atoms with Crippen molar-refractivity contribution in [2.24, 2.45) is 0 Å². The monoisotopic (exact) mass is 273 g/mol. The third-order valence-electron chi connectivity index (χ3n) is 3.25. The molecule has 0 atom stereocenters. The normalized spacial score (nSPS) is 13.4. The molecule has 1 aromatic heterocycles. The topological polar surface area (TPSA) is 39.2 Å². The Morgan fingerprint density at radius 1 is 1.26 bits per heavy atom. The van der Waals surface area contributed by atoms with Crippen molar-refractivity contribution >= 4 is 17.4 Å². The van der Waals surface area contributed by atoms with Crippen molar-refractivity contribution in [2.75, 3.05) is 0 Å². The number of aryl methyl sites for hydroxylation is 1. The van der Waals surface area contributed by atoms with Crippen LogP contribution in [0.1, 0.15) is 27.9 Å². The number of rotatable bonds is 3. The molecule has 0 unspecified atom stereocenters. The first-order valence-electron chi connectivity index (χ1n) is 6.11. The van der Waals surface area contributed by atoms with Crippen LogP contribution in [0.2, 0.25) is 5.02 Å². The number of carbonyl (C=O) groups excluding carboxylic acids is 1. The summed E-state index contributed by atoms with van der Waals surface area (Å²) in [7, 11) is 0. The maximum absolute atomic E-state index is 11.5. The standard InChI is InChI=1S/C15H12ClNO2/c16-14-8-17-6-5-11(14)9-19-12-2-3-13-10(7-12)1-4-15(13)18/h2-3,5-8H,1,4,9H2. The molecule has 1 aliphatic rings. The molecule has 0 N–H and O–H groups in total. The lowest BCUT2D eigenvalue weighted by Crippen LogP contribution is -1.98. The molecule has 0 saturated carbocycles. The molecule has 1 aliphatic carbocycles. The van der Waals surface area contributed by atoms with Crippen molar-refractivity contribution < 1.29 is 9.53 Å². The zero-order chi connectivity index (χ0) is 13.2. The molecule has 0 aliphatic heterocycles. The van der Waals surface area contributed by atoms with Crippen molar-refractivity contribution in [3.63, 3.8) is 0 Å². The van der Waals surface area contributed by atoms with Crippen LogP contribution in [-0.2, 0) is 13.0 Å². The smallest absolute Gasteiger partial charge is 0.163 e. The maximum atomic E-state index is 11.5. The third-order valence-corrected chi connectivity index (χ3v) is 3.59. The molecule has 0 fully saturated rings. The minimum Gasteiger partial charge on any atom is -0.489 e. The van der Waals surface area contributed by atoms with Crippen LogP contribution in [0.25, 0.3) is 0 Å². The lowest BCUT2D eigenvalue weighted by atomic mass is 10.1. The summed E-state index contributed by atoms with van der Waals surface area (Å²) in [5.74, 6) is 0.986. The summed E-state index contributed by atoms with van der Waals surface area (Å²) in [6.45, 7) is 0.397. The zero-order valence-corrected chi connectivity index (χ0v) is 11.0. The van der Waals surface area contributed by atoms with Crippen LogP contribution in [-0.4, -0.2) is 10.8 Å². The van der Waals surface area contributed by atoms with E-state index in [1.54, 1.807) is 12.4 Å². The predicted molar refractivity (Wildman–Crippen MR) is 72.7 cm³/mol. The summed E-state index contributed by atoms with van der Waals surface area (Å²) in [4.78, 5) is 15.5. The highest BCUT2D eigenvalue weighted by atomic mass is 35.5. The summed E-state index contributed by atoms with van der Waals surface area (Å²) in [5, 5.41) is 0.596. The van der Waals surface area contributed by atoms with Gasteiger partial charge in [-0.1, -0.05) is 11.6 Å². The van der Waals surface area contributed by atoms with Gasteiger partial charge in [0.2, 0.25) is 0 Å². The molecule has 0 saturated heterocycles. The van der Waals surface area contributed by atoms with Crippen LogP contribution in [0.15, 0.2) is 36.7 Å². The minimum absolute atomic E-state index is 0.221. The Bertz CT molecular complexity index is 640. The quantitative estimate of drug-likeness (QED) is 0.860. The van der Waals surface area contributed by atoms with Gasteiger partial charge in [0.25, 0.3) is 0 Å². The van der Waals surface area contributed by atoms with Crippen molar-refractivity contribution in [1.82, 2.24) is 4.98 Å². The highest BCUT2D eigenvalue weighted by Crippen LogP contribution is 2.27. The van der Waals surface area contributed by atoms with Crippen LogP contribution in [0.5, 0.6) is 5.75 Å². The number of ketones is 1. The highest BCUT2D eigenvalue weighted by Gasteiger charge is 2.19. The average molecular weight is 274 g/mol. The van der Waals surface area contributed by atoms with Gasteiger partial charge in [-0.3, -0.25) is 9.78 Å². The van der Waals surface area contributed by atoms with E-state index in [1.807, 2.05) is 24.3 Å². The number of carbonyl (C=O) groups is 1. The lowest BCUT2D eigenvalue weighted by Gasteiger charge is -2.08. The van der Waals surface area contributed by atoms with Gasteiger partial charge in [-0.05, 0) is 36.2 Å². The summed E-state index contributed by atoms with van der Waals surface area (Å²) in [6.07, 6.45) is 4.70. The van der Waals surface area contributed by atoms with E-state index < -0.39 is 0 Å². The van der Waals surface area contributed by atoms with Gasteiger partial charge in [0.05, 0.1) is 5.02 Å². The van der Waals surface area contributed by atoms with Crippen LogP contribution in [0.3, 0.4) is 0 Å². The van der Waals surface area contributed by atoms with Gasteiger partial charge in [-0.2, -0.15) is 0 Å². The van der Waals surface area contributed by atoms with Crippen molar-refractivity contribution in [2.45, 2.75) is 19.4 Å². The molecule has 19 heavy (non-hydrogen) atoms.